The van der Waals surface area contributed by atoms with Gasteiger partial charge in [0.25, 0.3) is 0 Å². The van der Waals surface area contributed by atoms with Crippen LogP contribution in [0, 0.1) is 23.7 Å². The molecule has 4 aromatic heterocycles. The van der Waals surface area contributed by atoms with Gasteiger partial charge in [0.1, 0.15) is 23.7 Å². The van der Waals surface area contributed by atoms with Gasteiger partial charge in [-0.05, 0) is 59.6 Å². The summed E-state index contributed by atoms with van der Waals surface area (Å²) in [7, 11) is 2.58. The lowest BCUT2D eigenvalue weighted by Gasteiger charge is -2.30. The third-order valence-corrected chi connectivity index (χ3v) is 13.3. The minimum Gasteiger partial charge on any atom is -0.453 e. The van der Waals surface area contributed by atoms with E-state index in [1.807, 2.05) is 61.8 Å². The average molecular weight is 829 g/mol. The summed E-state index contributed by atoms with van der Waals surface area (Å²) >= 11 is 3.40. The summed E-state index contributed by atoms with van der Waals surface area (Å²) in [6, 6.07) is 10.4. The van der Waals surface area contributed by atoms with Gasteiger partial charge in [0.15, 0.2) is 0 Å². The van der Waals surface area contributed by atoms with Crippen LogP contribution in [0.1, 0.15) is 78.1 Å². The predicted octanol–water partition coefficient (Wildman–Crippen LogP) is 7.99. The number of likely N-dealkylation sites (tertiary alicyclic amines) is 2. The fourth-order valence-corrected chi connectivity index (χ4v) is 10.2. The summed E-state index contributed by atoms with van der Waals surface area (Å²) < 4.78 is 12.0. The number of fused-ring (bicyclic) bond motifs is 1. The zero-order valence-corrected chi connectivity index (χ0v) is 35.8. The Morgan fingerprint density at radius 1 is 0.776 bits per heavy atom. The van der Waals surface area contributed by atoms with Crippen LogP contribution in [-0.4, -0.2) is 93.1 Å². The Hall–Kier alpha value is -5.22. The Morgan fingerprint density at radius 2 is 1.33 bits per heavy atom. The molecular weight excluding hydrogens is 777 g/mol. The molecule has 4 amide bonds. The van der Waals surface area contributed by atoms with Gasteiger partial charge in [-0.25, -0.2) is 19.6 Å². The Morgan fingerprint density at radius 3 is 1.86 bits per heavy atom. The van der Waals surface area contributed by atoms with Gasteiger partial charge in [-0.1, -0.05) is 65.8 Å². The van der Waals surface area contributed by atoms with E-state index in [2.05, 4.69) is 52.0 Å². The van der Waals surface area contributed by atoms with E-state index in [0.717, 1.165) is 45.9 Å². The van der Waals surface area contributed by atoms with Crippen LogP contribution in [0.3, 0.4) is 0 Å². The lowest BCUT2D eigenvalue weighted by molar-refractivity contribution is -0.136. The second-order valence-electron chi connectivity index (χ2n) is 16.3. The highest BCUT2D eigenvalue weighted by Crippen LogP contribution is 2.43. The molecule has 0 radical (unpaired) electrons. The molecule has 6 atom stereocenters. The number of nitrogens with one attached hydrogen (secondary N) is 4. The average Bonchev–Trinajstić information content (AvgIpc) is 4.05. The van der Waals surface area contributed by atoms with Crippen LogP contribution in [-0.2, 0) is 19.1 Å². The fraction of sp³-hybridized carbons (Fsp3) is 0.476. The minimum absolute atomic E-state index is 0.132. The SMILES string of the molecule is COC(=O)NC(C(=O)N1CC(C)CC1c1ncc(-c2ccc(-c3nc(C4CC(C)CN4C(=O)C(NC(=O)OC)C(C)C)[nH]c3-c3cc4sccc4s3)cc2)[nH]1)C(C)C. The second kappa shape index (κ2) is 16.9. The second-order valence-corrected chi connectivity index (χ2v) is 18.3. The first-order chi connectivity index (χ1) is 27.8. The van der Waals surface area contributed by atoms with Crippen LogP contribution in [0.2, 0.25) is 0 Å². The van der Waals surface area contributed by atoms with Crippen molar-refractivity contribution >= 4 is 56.1 Å². The minimum atomic E-state index is -0.741. The summed E-state index contributed by atoms with van der Waals surface area (Å²) in [5, 5.41) is 7.56. The van der Waals surface area contributed by atoms with Crippen LogP contribution < -0.4 is 10.6 Å². The topological polar surface area (TPSA) is 175 Å². The van der Waals surface area contributed by atoms with Gasteiger partial charge in [-0.3, -0.25) is 9.59 Å². The van der Waals surface area contributed by atoms with Crippen molar-refractivity contribution in [1.29, 1.82) is 0 Å². The van der Waals surface area contributed by atoms with Crippen molar-refractivity contribution < 1.29 is 28.7 Å². The monoisotopic (exact) mass is 828 g/mol. The Balaban J connectivity index is 1.18. The number of ether oxygens (including phenoxy) is 2. The van der Waals surface area contributed by atoms with E-state index in [1.165, 1.54) is 23.6 Å². The number of carbonyl (C=O) groups excluding carboxylic acids is 4. The van der Waals surface area contributed by atoms with Crippen molar-refractivity contribution in [2.24, 2.45) is 23.7 Å². The maximum absolute atomic E-state index is 14.1. The molecule has 2 fully saturated rings. The standard InChI is InChI=1S/C42H52N8O6S2/c1-21(2)33(47-41(53)55-7)39(51)49-19-23(5)15-28(49)37-43-18-27(44-37)25-9-11-26(12-10-25)35-36(32-17-31-30(58-32)13-14-57-31)46-38(45-35)29-16-24(6)20-50(29)40(52)34(22(3)4)48-42(54)56-8/h9-14,17-18,21-24,28-29,33-34H,15-16,19-20H2,1-8H3,(H,43,44)(H,45,46)(H,47,53)(H,48,54). The molecule has 0 aliphatic carbocycles. The van der Waals surface area contributed by atoms with E-state index in [4.69, 9.17) is 19.4 Å². The first-order valence-electron chi connectivity index (χ1n) is 19.8. The fourth-order valence-electron chi connectivity index (χ4n) is 8.14. The molecule has 5 aromatic rings. The molecule has 0 saturated carbocycles. The Kier molecular flexibility index (Phi) is 12.0. The number of carbonyl (C=O) groups is 4. The van der Waals surface area contributed by atoms with Crippen LogP contribution in [0.5, 0.6) is 0 Å². The Labute approximate surface area is 346 Å². The number of hydrogen-bond donors (Lipinski definition) is 4. The molecular formula is C42H52N8O6S2. The van der Waals surface area contributed by atoms with Gasteiger partial charge in [-0.15, -0.1) is 22.7 Å². The number of alkyl carbamates (subject to hydrolysis) is 2. The molecule has 16 heteroatoms. The molecule has 14 nitrogen and oxygen atoms in total. The van der Waals surface area contributed by atoms with Crippen molar-refractivity contribution in [3.05, 3.63) is 59.6 Å². The largest absolute Gasteiger partial charge is 0.453 e. The quantitative estimate of drug-likeness (QED) is 0.104. The Bertz CT molecular complexity index is 2250. The highest BCUT2D eigenvalue weighted by molar-refractivity contribution is 7.28. The number of hydrogen-bond acceptors (Lipinski definition) is 10. The van der Waals surface area contributed by atoms with Gasteiger partial charge in [0.2, 0.25) is 11.8 Å². The first kappa shape index (κ1) is 41.0. The molecule has 2 saturated heterocycles. The maximum atomic E-state index is 14.1. The molecule has 7 rings (SSSR count). The lowest BCUT2D eigenvalue weighted by Crippen LogP contribution is -2.51. The molecule has 6 heterocycles. The lowest BCUT2D eigenvalue weighted by atomic mass is 10.0. The number of methoxy groups -OCH3 is 2. The number of thiophene rings is 2. The molecule has 6 unspecified atom stereocenters. The maximum Gasteiger partial charge on any atom is 0.407 e. The van der Waals surface area contributed by atoms with E-state index in [0.29, 0.717) is 24.7 Å². The number of benzene rings is 1. The predicted molar refractivity (Wildman–Crippen MR) is 225 cm³/mol. The zero-order chi connectivity index (χ0) is 41.4. The number of aromatic nitrogens is 4. The molecule has 1 aromatic carbocycles. The summed E-state index contributed by atoms with van der Waals surface area (Å²) in [6.45, 7) is 13.0. The molecule has 0 bridgehead atoms. The first-order valence-corrected chi connectivity index (χ1v) is 21.5. The van der Waals surface area contributed by atoms with Gasteiger partial charge in [0.05, 0.1) is 54.5 Å². The highest BCUT2D eigenvalue weighted by Gasteiger charge is 2.42. The van der Waals surface area contributed by atoms with Crippen LogP contribution >= 0.6 is 22.7 Å². The van der Waals surface area contributed by atoms with Gasteiger partial charge < -0.3 is 39.9 Å². The molecule has 4 N–H and O–H groups in total. The van der Waals surface area contributed by atoms with Crippen molar-refractivity contribution in [3.63, 3.8) is 0 Å². The molecule has 308 valence electrons. The molecule has 2 aliphatic heterocycles. The van der Waals surface area contributed by atoms with Gasteiger partial charge in [0, 0.05) is 28.1 Å². The molecule has 0 spiro atoms. The van der Waals surface area contributed by atoms with Crippen LogP contribution in [0.25, 0.3) is 42.5 Å². The molecule has 58 heavy (non-hydrogen) atoms. The van der Waals surface area contributed by atoms with Crippen LogP contribution in [0.15, 0.2) is 48.0 Å². The zero-order valence-electron chi connectivity index (χ0n) is 34.1. The number of aromatic amines is 2. The van der Waals surface area contributed by atoms with Crippen LogP contribution in [0.4, 0.5) is 9.59 Å². The van der Waals surface area contributed by atoms with Gasteiger partial charge in [-0.2, -0.15) is 0 Å². The van der Waals surface area contributed by atoms with E-state index in [-0.39, 0.29) is 47.6 Å². The highest BCUT2D eigenvalue weighted by atomic mass is 32.1. The number of nitrogens with zero attached hydrogens (tertiary/aromatic N) is 4. The third-order valence-electron chi connectivity index (χ3n) is 11.2. The van der Waals surface area contributed by atoms with Crippen molar-refractivity contribution in [2.75, 3.05) is 27.3 Å². The number of imidazole rings is 2. The van der Waals surface area contributed by atoms with Crippen molar-refractivity contribution in [1.82, 2.24) is 40.4 Å². The van der Waals surface area contributed by atoms with E-state index in [1.54, 1.807) is 28.9 Å². The van der Waals surface area contributed by atoms with E-state index in [9.17, 15) is 19.2 Å². The number of amides is 4. The summed E-state index contributed by atoms with van der Waals surface area (Å²) in [5.41, 5.74) is 4.33. The normalized spacial score (nSPS) is 20.5. The van der Waals surface area contributed by atoms with E-state index >= 15 is 0 Å². The molecule has 2 aliphatic rings. The summed E-state index contributed by atoms with van der Waals surface area (Å²) in [5.74, 6) is 1.28. The van der Waals surface area contributed by atoms with Crippen molar-refractivity contribution in [3.8, 4) is 33.1 Å². The summed E-state index contributed by atoms with van der Waals surface area (Å²) in [4.78, 5) is 74.1. The smallest absolute Gasteiger partial charge is 0.407 e. The number of rotatable bonds is 11. The van der Waals surface area contributed by atoms with E-state index < -0.39 is 24.3 Å². The summed E-state index contributed by atoms with van der Waals surface area (Å²) in [6.07, 6.45) is 1.99. The third kappa shape index (κ3) is 8.21. The van der Waals surface area contributed by atoms with Gasteiger partial charge >= 0.3 is 12.2 Å². The van der Waals surface area contributed by atoms with Crippen molar-refractivity contribution in [2.45, 2.75) is 78.6 Å². The number of H-pyrrole nitrogens is 2.